The molecule has 0 aliphatic carbocycles. The van der Waals surface area contributed by atoms with Crippen LogP contribution >= 0.6 is 0 Å². The van der Waals surface area contributed by atoms with Crippen LogP contribution in [-0.4, -0.2) is 43.2 Å². The average molecular weight is 474 g/mol. The fraction of sp³-hybridized carbons (Fsp3) is 0.167. The summed E-state index contributed by atoms with van der Waals surface area (Å²) in [7, 11) is 4.61. The number of carbonyl (C=O) groups excluding carboxylic acids is 1. The molecule has 35 heavy (non-hydrogen) atoms. The van der Waals surface area contributed by atoms with Crippen molar-refractivity contribution in [1.82, 2.24) is 23.1 Å². The third-order valence-electron chi connectivity index (χ3n) is 5.86. The number of hydrogen-bond acceptors (Lipinski definition) is 6. The maximum atomic E-state index is 13.4. The molecule has 3 aromatic heterocycles. The molecule has 0 radical (unpaired) electrons. The molecule has 0 atom stereocenters. The smallest absolute Gasteiger partial charge is 0.332 e. The highest BCUT2D eigenvalue weighted by Gasteiger charge is 2.24. The molecule has 11 nitrogen and oxygen atoms in total. The van der Waals surface area contributed by atoms with Crippen molar-refractivity contribution in [2.24, 2.45) is 12.8 Å². The molecule has 0 fully saturated rings. The maximum Gasteiger partial charge on any atom is 0.332 e. The number of rotatable bonds is 6. The number of nitrogens with zero attached hydrogens (tertiary/aromatic N) is 5. The highest BCUT2D eigenvalue weighted by atomic mass is 16.5. The summed E-state index contributed by atoms with van der Waals surface area (Å²) < 4.78 is 16.5. The van der Waals surface area contributed by atoms with E-state index in [2.05, 4.69) is 4.98 Å². The highest BCUT2D eigenvalue weighted by Crippen LogP contribution is 2.35. The van der Waals surface area contributed by atoms with Crippen LogP contribution in [0.5, 0.6) is 11.5 Å². The van der Waals surface area contributed by atoms with Gasteiger partial charge in [-0.15, -0.1) is 0 Å². The molecule has 5 aromatic rings. The molecule has 3 heterocycles. The molecule has 1 amide bonds. The normalized spacial score (nSPS) is 11.3. The van der Waals surface area contributed by atoms with Crippen molar-refractivity contribution >= 4 is 22.8 Å². The van der Waals surface area contributed by atoms with Crippen molar-refractivity contribution in [3.05, 3.63) is 75.6 Å². The van der Waals surface area contributed by atoms with Crippen molar-refractivity contribution in [1.29, 1.82) is 0 Å². The zero-order valence-electron chi connectivity index (χ0n) is 19.3. The van der Waals surface area contributed by atoms with Crippen molar-refractivity contribution < 1.29 is 14.3 Å². The second kappa shape index (κ2) is 8.20. The van der Waals surface area contributed by atoms with Gasteiger partial charge in [-0.1, -0.05) is 30.3 Å². The van der Waals surface area contributed by atoms with Crippen LogP contribution in [0.25, 0.3) is 33.9 Å². The summed E-state index contributed by atoms with van der Waals surface area (Å²) in [5, 5.41) is 0. The fourth-order valence-electron chi connectivity index (χ4n) is 4.21. The number of fused-ring (bicyclic) bond motifs is 3. The van der Waals surface area contributed by atoms with Crippen LogP contribution in [0, 0.1) is 0 Å². The van der Waals surface area contributed by atoms with E-state index in [1.165, 1.54) is 11.6 Å². The van der Waals surface area contributed by atoms with E-state index >= 15 is 0 Å². The van der Waals surface area contributed by atoms with Gasteiger partial charge >= 0.3 is 5.69 Å². The van der Waals surface area contributed by atoms with Crippen molar-refractivity contribution in [2.45, 2.75) is 6.54 Å². The minimum atomic E-state index is -0.798. The summed E-state index contributed by atoms with van der Waals surface area (Å²) in [6.07, 6.45) is 1.76. The van der Waals surface area contributed by atoms with E-state index in [0.717, 1.165) is 15.8 Å². The van der Waals surface area contributed by atoms with Crippen molar-refractivity contribution in [2.75, 3.05) is 14.2 Å². The number of aryl methyl sites for hydroxylation is 1. The third kappa shape index (κ3) is 3.36. The van der Waals surface area contributed by atoms with E-state index in [1.54, 1.807) is 43.0 Å². The Labute approximate surface area is 198 Å². The Hall–Kier alpha value is -4.80. The van der Waals surface area contributed by atoms with Gasteiger partial charge in [0, 0.05) is 24.9 Å². The molecular weight excluding hydrogens is 452 g/mol. The third-order valence-corrected chi connectivity index (χ3v) is 5.86. The molecule has 0 unspecified atom stereocenters. The van der Waals surface area contributed by atoms with Crippen LogP contribution in [0.3, 0.4) is 0 Å². The van der Waals surface area contributed by atoms with Crippen LogP contribution in [0.1, 0.15) is 0 Å². The number of amides is 1. The molecular formula is C24H22N6O5. The van der Waals surface area contributed by atoms with E-state index in [1.807, 2.05) is 34.9 Å². The molecule has 0 saturated heterocycles. The number of benzene rings is 2. The number of aromatic nitrogens is 5. The molecule has 0 bridgehead atoms. The lowest BCUT2D eigenvalue weighted by atomic mass is 10.1. The first-order valence-electron chi connectivity index (χ1n) is 10.6. The summed E-state index contributed by atoms with van der Waals surface area (Å²) in [6.45, 7) is -0.537. The summed E-state index contributed by atoms with van der Waals surface area (Å²) in [5.41, 5.74) is 6.45. The van der Waals surface area contributed by atoms with Gasteiger partial charge in [0.2, 0.25) is 11.7 Å². The van der Waals surface area contributed by atoms with Crippen LogP contribution in [0.2, 0.25) is 0 Å². The maximum absolute atomic E-state index is 13.4. The number of nitrogens with two attached hydrogens (primary N) is 1. The molecule has 0 spiro atoms. The van der Waals surface area contributed by atoms with Gasteiger partial charge in [0.25, 0.3) is 5.56 Å². The van der Waals surface area contributed by atoms with E-state index in [-0.39, 0.29) is 11.2 Å². The van der Waals surface area contributed by atoms with Gasteiger partial charge < -0.3 is 15.2 Å². The number of hydrogen-bond donors (Lipinski definition) is 1. The molecule has 0 aliphatic rings. The summed E-state index contributed by atoms with van der Waals surface area (Å²) in [5.74, 6) is 0.717. The number of imidazole rings is 2. The topological polar surface area (TPSA) is 128 Å². The standard InChI is InChI=1S/C24H22N6O5/c1-27-21-20(22(32)29(24(27)33)13-19(25)31)28-12-17(14-7-5-4-6-8-14)30(23(28)26-21)16-11-15(34-2)9-10-18(16)35-3/h4-12H,13H2,1-3H3,(H2,25,31). The van der Waals surface area contributed by atoms with Gasteiger partial charge in [-0.2, -0.15) is 4.98 Å². The van der Waals surface area contributed by atoms with E-state index in [0.29, 0.717) is 23.0 Å². The molecule has 2 N–H and O–H groups in total. The lowest BCUT2D eigenvalue weighted by Gasteiger charge is -2.14. The highest BCUT2D eigenvalue weighted by molar-refractivity contribution is 5.81. The Morgan fingerprint density at radius 2 is 1.80 bits per heavy atom. The first kappa shape index (κ1) is 22.0. The minimum absolute atomic E-state index is 0.140. The Morgan fingerprint density at radius 1 is 1.06 bits per heavy atom. The molecule has 2 aromatic carbocycles. The predicted octanol–water partition coefficient (Wildman–Crippen LogP) is 1.31. The number of carbonyl (C=O) groups is 1. The quantitative estimate of drug-likeness (QED) is 0.395. The fourth-order valence-corrected chi connectivity index (χ4v) is 4.21. The molecule has 11 heteroatoms. The van der Waals surface area contributed by atoms with E-state index < -0.39 is 23.7 Å². The van der Waals surface area contributed by atoms with Crippen LogP contribution < -0.4 is 26.5 Å². The second-order valence-corrected chi connectivity index (χ2v) is 7.91. The van der Waals surface area contributed by atoms with E-state index in [4.69, 9.17) is 15.2 Å². The van der Waals surface area contributed by atoms with Gasteiger partial charge in [0.05, 0.1) is 25.6 Å². The van der Waals surface area contributed by atoms with Crippen molar-refractivity contribution in [3.8, 4) is 28.4 Å². The van der Waals surface area contributed by atoms with Crippen LogP contribution in [0.4, 0.5) is 0 Å². The van der Waals surface area contributed by atoms with Gasteiger partial charge in [-0.25, -0.2) is 9.36 Å². The zero-order chi connectivity index (χ0) is 24.9. The Kier molecular flexibility index (Phi) is 5.16. The molecule has 0 aliphatic heterocycles. The molecule has 0 saturated carbocycles. The number of methoxy groups -OCH3 is 2. The number of ether oxygens (including phenoxy) is 2. The van der Waals surface area contributed by atoms with Gasteiger partial charge in [-0.05, 0) is 12.1 Å². The van der Waals surface area contributed by atoms with E-state index in [9.17, 15) is 14.4 Å². The molecule has 178 valence electrons. The van der Waals surface area contributed by atoms with Crippen molar-refractivity contribution in [3.63, 3.8) is 0 Å². The molecule has 5 rings (SSSR count). The number of primary amides is 1. The Bertz CT molecular complexity index is 1730. The van der Waals surface area contributed by atoms with Crippen LogP contribution in [-0.2, 0) is 18.4 Å². The summed E-state index contributed by atoms with van der Waals surface area (Å²) in [6, 6.07) is 14.9. The summed E-state index contributed by atoms with van der Waals surface area (Å²) >= 11 is 0. The summed E-state index contributed by atoms with van der Waals surface area (Å²) in [4.78, 5) is 42.4. The lowest BCUT2D eigenvalue weighted by Crippen LogP contribution is -2.42. The first-order chi connectivity index (χ1) is 16.8. The minimum Gasteiger partial charge on any atom is -0.497 e. The lowest BCUT2D eigenvalue weighted by molar-refractivity contribution is -0.118. The zero-order valence-corrected chi connectivity index (χ0v) is 19.3. The Balaban J connectivity index is 1.96. The monoisotopic (exact) mass is 474 g/mol. The van der Waals surface area contributed by atoms with Crippen LogP contribution in [0.15, 0.2) is 64.3 Å². The first-order valence-corrected chi connectivity index (χ1v) is 10.6. The SMILES string of the molecule is COc1ccc(OC)c(-n2c(-c3ccccc3)cn3c4c(=O)n(CC(N)=O)c(=O)n(C)c4nc23)c1. The second-order valence-electron chi connectivity index (χ2n) is 7.91. The largest absolute Gasteiger partial charge is 0.497 e. The van der Waals surface area contributed by atoms with Gasteiger partial charge in [0.15, 0.2) is 11.2 Å². The van der Waals surface area contributed by atoms with Gasteiger partial charge in [0.1, 0.15) is 18.0 Å². The van der Waals surface area contributed by atoms with Gasteiger partial charge in [-0.3, -0.25) is 23.1 Å². The predicted molar refractivity (Wildman–Crippen MR) is 129 cm³/mol. The Morgan fingerprint density at radius 3 is 2.46 bits per heavy atom. The average Bonchev–Trinajstić information content (AvgIpc) is 3.41.